The monoisotopic (exact) mass is 410 g/mol. The highest BCUT2D eigenvalue weighted by molar-refractivity contribution is 6.05. The summed E-state index contributed by atoms with van der Waals surface area (Å²) in [6, 6.07) is 6.72. The first-order valence-corrected chi connectivity index (χ1v) is 11.3. The summed E-state index contributed by atoms with van der Waals surface area (Å²) in [5, 5.41) is 9.76. The lowest BCUT2D eigenvalue weighted by atomic mass is 9.77. The average molecular weight is 411 g/mol. The van der Waals surface area contributed by atoms with E-state index in [4.69, 9.17) is 0 Å². The molecule has 2 saturated heterocycles. The molecular formula is C23H30N4O3. The molecule has 0 aromatic heterocycles. The van der Waals surface area contributed by atoms with Crippen LogP contribution in [0.3, 0.4) is 0 Å². The van der Waals surface area contributed by atoms with Gasteiger partial charge < -0.3 is 15.5 Å². The molecule has 30 heavy (non-hydrogen) atoms. The van der Waals surface area contributed by atoms with Crippen LogP contribution in [0.1, 0.15) is 66.4 Å². The molecule has 0 radical (unpaired) electrons. The molecule has 160 valence electrons. The van der Waals surface area contributed by atoms with Gasteiger partial charge in [-0.1, -0.05) is 12.1 Å². The first kappa shape index (κ1) is 19.7. The van der Waals surface area contributed by atoms with E-state index in [9.17, 15) is 14.4 Å². The number of nitrogens with one attached hydrogen (secondary N) is 3. The Balaban J connectivity index is 1.20. The highest BCUT2D eigenvalue weighted by Gasteiger charge is 2.39. The minimum atomic E-state index is -0.552. The normalized spacial score (nSPS) is 31.3. The SMILES string of the molecule is O=C1CCC(N2Cc3cc(CNC4CCC5NCCCC5C4)ccc3C2=O)C(=O)N1. The zero-order valence-corrected chi connectivity index (χ0v) is 17.3. The van der Waals surface area contributed by atoms with Crippen LogP contribution >= 0.6 is 0 Å². The van der Waals surface area contributed by atoms with E-state index in [0.29, 0.717) is 30.6 Å². The second-order valence-corrected chi connectivity index (χ2v) is 9.25. The van der Waals surface area contributed by atoms with E-state index < -0.39 is 6.04 Å². The fraction of sp³-hybridized carbons (Fsp3) is 0.609. The predicted octanol–water partition coefficient (Wildman–Crippen LogP) is 1.46. The van der Waals surface area contributed by atoms with Gasteiger partial charge in [-0.25, -0.2) is 0 Å². The number of nitrogens with zero attached hydrogens (tertiary/aromatic N) is 1. The van der Waals surface area contributed by atoms with Gasteiger partial charge in [-0.05, 0) is 68.2 Å². The molecule has 5 rings (SSSR count). The van der Waals surface area contributed by atoms with E-state index in [-0.39, 0.29) is 24.1 Å². The number of piperidine rings is 2. The molecule has 3 fully saturated rings. The van der Waals surface area contributed by atoms with Crippen LogP contribution in [0.4, 0.5) is 0 Å². The molecular weight excluding hydrogens is 380 g/mol. The Morgan fingerprint density at radius 1 is 1.10 bits per heavy atom. The molecule has 3 amide bonds. The van der Waals surface area contributed by atoms with Gasteiger partial charge in [0.2, 0.25) is 11.8 Å². The number of hydrogen-bond donors (Lipinski definition) is 3. The maximum absolute atomic E-state index is 12.8. The summed E-state index contributed by atoms with van der Waals surface area (Å²) in [6.07, 6.45) is 7.01. The number of fused-ring (bicyclic) bond motifs is 2. The Labute approximate surface area is 177 Å². The van der Waals surface area contributed by atoms with Crippen LogP contribution < -0.4 is 16.0 Å². The topological polar surface area (TPSA) is 90.5 Å². The van der Waals surface area contributed by atoms with Gasteiger partial charge in [0.25, 0.3) is 5.91 Å². The number of carbonyl (C=O) groups excluding carboxylic acids is 3. The first-order valence-electron chi connectivity index (χ1n) is 11.3. The Morgan fingerprint density at radius 2 is 2.00 bits per heavy atom. The van der Waals surface area contributed by atoms with E-state index >= 15 is 0 Å². The molecule has 7 heteroatoms. The fourth-order valence-corrected chi connectivity index (χ4v) is 5.69. The van der Waals surface area contributed by atoms with Crippen molar-refractivity contribution in [3.63, 3.8) is 0 Å². The molecule has 1 aromatic carbocycles. The van der Waals surface area contributed by atoms with Crippen LogP contribution in [-0.4, -0.2) is 47.3 Å². The third-order valence-electron chi connectivity index (χ3n) is 7.32. The van der Waals surface area contributed by atoms with Gasteiger partial charge in [0.15, 0.2) is 0 Å². The summed E-state index contributed by atoms with van der Waals surface area (Å²) in [6.45, 7) is 2.41. The average Bonchev–Trinajstić information content (AvgIpc) is 3.08. The number of benzene rings is 1. The molecule has 7 nitrogen and oxygen atoms in total. The quantitative estimate of drug-likeness (QED) is 0.654. The summed E-state index contributed by atoms with van der Waals surface area (Å²) < 4.78 is 0. The van der Waals surface area contributed by atoms with E-state index in [1.54, 1.807) is 4.90 Å². The predicted molar refractivity (Wildman–Crippen MR) is 111 cm³/mol. The lowest BCUT2D eigenvalue weighted by molar-refractivity contribution is -0.136. The summed E-state index contributed by atoms with van der Waals surface area (Å²) in [5.74, 6) is 0.0702. The minimum absolute atomic E-state index is 0.109. The lowest BCUT2D eigenvalue weighted by Gasteiger charge is -2.40. The van der Waals surface area contributed by atoms with Gasteiger partial charge in [-0.2, -0.15) is 0 Å². The molecule has 0 bridgehead atoms. The Kier molecular flexibility index (Phi) is 5.33. The zero-order chi connectivity index (χ0) is 20.7. The maximum atomic E-state index is 12.8. The lowest BCUT2D eigenvalue weighted by Crippen LogP contribution is -2.52. The summed E-state index contributed by atoms with van der Waals surface area (Å²) in [4.78, 5) is 38.0. The van der Waals surface area contributed by atoms with Gasteiger partial charge in [-0.3, -0.25) is 19.7 Å². The molecule has 4 atom stereocenters. The molecule has 1 aliphatic carbocycles. The van der Waals surface area contributed by atoms with Crippen molar-refractivity contribution in [3.8, 4) is 0 Å². The van der Waals surface area contributed by atoms with Crippen molar-refractivity contribution in [2.45, 2.75) is 76.2 Å². The van der Waals surface area contributed by atoms with Crippen LogP contribution in [0.15, 0.2) is 18.2 Å². The molecule has 1 saturated carbocycles. The highest BCUT2D eigenvalue weighted by Crippen LogP contribution is 2.31. The molecule has 1 aromatic rings. The number of rotatable bonds is 4. The van der Waals surface area contributed by atoms with E-state index in [2.05, 4.69) is 22.0 Å². The molecule has 3 N–H and O–H groups in total. The molecule has 4 unspecified atom stereocenters. The Bertz CT molecular complexity index is 870. The smallest absolute Gasteiger partial charge is 0.255 e. The van der Waals surface area contributed by atoms with Crippen molar-refractivity contribution in [2.24, 2.45) is 5.92 Å². The first-order chi connectivity index (χ1) is 14.6. The minimum Gasteiger partial charge on any atom is -0.322 e. The second-order valence-electron chi connectivity index (χ2n) is 9.25. The van der Waals surface area contributed by atoms with Crippen molar-refractivity contribution >= 4 is 17.7 Å². The molecule has 3 heterocycles. The summed E-state index contributed by atoms with van der Waals surface area (Å²) in [5.41, 5.74) is 2.83. The zero-order valence-electron chi connectivity index (χ0n) is 17.3. The van der Waals surface area contributed by atoms with Crippen LogP contribution in [-0.2, 0) is 22.7 Å². The third-order valence-corrected chi connectivity index (χ3v) is 7.32. The number of carbonyl (C=O) groups is 3. The van der Waals surface area contributed by atoms with Crippen molar-refractivity contribution in [2.75, 3.05) is 6.54 Å². The summed E-state index contributed by atoms with van der Waals surface area (Å²) in [7, 11) is 0. The Morgan fingerprint density at radius 3 is 2.87 bits per heavy atom. The van der Waals surface area contributed by atoms with Crippen molar-refractivity contribution in [3.05, 3.63) is 34.9 Å². The van der Waals surface area contributed by atoms with E-state index in [1.807, 2.05) is 12.1 Å². The van der Waals surface area contributed by atoms with Crippen molar-refractivity contribution < 1.29 is 14.4 Å². The number of imide groups is 1. The van der Waals surface area contributed by atoms with E-state index in [1.165, 1.54) is 44.2 Å². The maximum Gasteiger partial charge on any atom is 0.255 e. The van der Waals surface area contributed by atoms with Crippen LogP contribution in [0.2, 0.25) is 0 Å². The Hall–Kier alpha value is -2.25. The molecule has 3 aliphatic heterocycles. The summed E-state index contributed by atoms with van der Waals surface area (Å²) >= 11 is 0. The van der Waals surface area contributed by atoms with Gasteiger partial charge >= 0.3 is 0 Å². The largest absolute Gasteiger partial charge is 0.322 e. The van der Waals surface area contributed by atoms with Gasteiger partial charge in [0.1, 0.15) is 6.04 Å². The third kappa shape index (κ3) is 3.76. The van der Waals surface area contributed by atoms with Gasteiger partial charge in [-0.15, -0.1) is 0 Å². The molecule has 0 spiro atoms. The van der Waals surface area contributed by atoms with Crippen molar-refractivity contribution in [1.29, 1.82) is 0 Å². The van der Waals surface area contributed by atoms with E-state index in [0.717, 1.165) is 18.0 Å². The number of amides is 3. The van der Waals surface area contributed by atoms with Crippen LogP contribution in [0.25, 0.3) is 0 Å². The number of hydrogen-bond acceptors (Lipinski definition) is 5. The second kappa shape index (κ2) is 8.12. The van der Waals surface area contributed by atoms with Gasteiger partial charge in [0.05, 0.1) is 0 Å². The fourth-order valence-electron chi connectivity index (χ4n) is 5.69. The standard InChI is InChI=1S/C23H30N4O3/c28-21-8-7-20(22(29)26-21)27-13-16-10-14(3-5-18(16)23(27)30)12-25-17-4-6-19-15(11-17)2-1-9-24-19/h3,5,10,15,17,19-20,24-25H,1-2,4,6-9,11-13H2,(H,26,28,29). The van der Waals surface area contributed by atoms with Crippen LogP contribution in [0.5, 0.6) is 0 Å². The van der Waals surface area contributed by atoms with Gasteiger partial charge in [0, 0.05) is 37.2 Å². The van der Waals surface area contributed by atoms with Crippen LogP contribution in [0, 0.1) is 5.92 Å². The highest BCUT2D eigenvalue weighted by atomic mass is 16.2. The molecule has 4 aliphatic rings. The van der Waals surface area contributed by atoms with Crippen molar-refractivity contribution in [1.82, 2.24) is 20.9 Å².